The van der Waals surface area contributed by atoms with Gasteiger partial charge in [-0.25, -0.2) is 0 Å². The van der Waals surface area contributed by atoms with E-state index in [1.165, 1.54) is 12.1 Å². The number of hydrogen-bond acceptors (Lipinski definition) is 4. The van der Waals surface area contributed by atoms with Crippen LogP contribution in [0.25, 0.3) is 11.1 Å². The van der Waals surface area contributed by atoms with Crippen LogP contribution in [0.3, 0.4) is 0 Å². The molecule has 0 atom stereocenters. The average molecular weight is 405 g/mol. The molecule has 1 saturated heterocycles. The molecule has 5 nitrogen and oxygen atoms in total. The standard InChI is InChI=1S/C21H22F3N3O2/c1-3-4-5-10-26-19-14(2)18(13-27(20(19)28)16-11-25-12-16)15-6-8-17(9-7-15)29-21(22,23)24/h4-10,13,16,25H,3,11-12H2,1-2H3/b5-4+,26-10?. The maximum Gasteiger partial charge on any atom is 0.573 e. The SMILES string of the molecule is CC/C=C/C=Nc1c(C)c(-c2ccc(OC(F)(F)F)cc2)cn(C2CNC2)c1=O. The smallest absolute Gasteiger partial charge is 0.406 e. The third kappa shape index (κ3) is 4.95. The van der Waals surface area contributed by atoms with Crippen molar-refractivity contribution in [3.8, 4) is 16.9 Å². The summed E-state index contributed by atoms with van der Waals surface area (Å²) in [6, 6.07) is 5.63. The number of alkyl halides is 3. The van der Waals surface area contributed by atoms with Gasteiger partial charge in [-0.2, -0.15) is 0 Å². The molecule has 0 spiro atoms. The van der Waals surface area contributed by atoms with Crippen LogP contribution in [-0.4, -0.2) is 30.2 Å². The highest BCUT2D eigenvalue weighted by atomic mass is 19.4. The second-order valence-electron chi connectivity index (χ2n) is 6.73. The summed E-state index contributed by atoms with van der Waals surface area (Å²) in [5, 5.41) is 3.14. The van der Waals surface area contributed by atoms with Crippen LogP contribution in [0.5, 0.6) is 5.75 Å². The van der Waals surface area contributed by atoms with Crippen molar-refractivity contribution in [3.05, 3.63) is 58.5 Å². The van der Waals surface area contributed by atoms with E-state index in [2.05, 4.69) is 15.0 Å². The van der Waals surface area contributed by atoms with Crippen molar-refractivity contribution in [3.63, 3.8) is 0 Å². The van der Waals surface area contributed by atoms with Gasteiger partial charge < -0.3 is 14.6 Å². The van der Waals surface area contributed by atoms with Crippen molar-refractivity contribution in [2.24, 2.45) is 4.99 Å². The van der Waals surface area contributed by atoms with Gasteiger partial charge in [-0.1, -0.05) is 25.1 Å². The minimum absolute atomic E-state index is 0.0230. The maximum absolute atomic E-state index is 12.9. The van der Waals surface area contributed by atoms with Crippen LogP contribution in [0.15, 0.2) is 52.4 Å². The third-order valence-corrected chi connectivity index (χ3v) is 4.68. The van der Waals surface area contributed by atoms with E-state index in [0.29, 0.717) is 29.9 Å². The van der Waals surface area contributed by atoms with E-state index in [1.807, 2.05) is 13.0 Å². The summed E-state index contributed by atoms with van der Waals surface area (Å²) >= 11 is 0. The van der Waals surface area contributed by atoms with Gasteiger partial charge in [0.15, 0.2) is 0 Å². The van der Waals surface area contributed by atoms with Crippen LogP contribution in [0, 0.1) is 6.92 Å². The number of halogens is 3. The molecule has 1 aliphatic heterocycles. The molecule has 0 unspecified atom stereocenters. The van der Waals surface area contributed by atoms with Crippen molar-refractivity contribution in [1.82, 2.24) is 9.88 Å². The summed E-state index contributed by atoms with van der Waals surface area (Å²) in [5.41, 5.74) is 2.23. The topological polar surface area (TPSA) is 55.6 Å². The number of aliphatic imine (C=N–C) groups is 1. The molecule has 3 rings (SSSR count). The fourth-order valence-electron chi connectivity index (χ4n) is 3.04. The van der Waals surface area contributed by atoms with E-state index in [4.69, 9.17) is 0 Å². The molecule has 0 amide bonds. The van der Waals surface area contributed by atoms with Gasteiger partial charge in [0.2, 0.25) is 0 Å². The monoisotopic (exact) mass is 405 g/mol. The highest BCUT2D eigenvalue weighted by Gasteiger charge is 2.31. The Balaban J connectivity index is 2.04. The average Bonchev–Trinajstić information content (AvgIpc) is 2.61. The van der Waals surface area contributed by atoms with Crippen molar-refractivity contribution in [1.29, 1.82) is 0 Å². The van der Waals surface area contributed by atoms with Crippen molar-refractivity contribution in [2.75, 3.05) is 13.1 Å². The number of benzene rings is 1. The number of nitrogens with zero attached hydrogens (tertiary/aromatic N) is 2. The fourth-order valence-corrected chi connectivity index (χ4v) is 3.04. The second-order valence-corrected chi connectivity index (χ2v) is 6.73. The van der Waals surface area contributed by atoms with E-state index < -0.39 is 6.36 Å². The quantitative estimate of drug-likeness (QED) is 0.718. The Hall–Kier alpha value is -2.87. The summed E-state index contributed by atoms with van der Waals surface area (Å²) in [5.74, 6) is -0.293. The summed E-state index contributed by atoms with van der Waals surface area (Å²) in [6.07, 6.45) is 3.16. The molecular weight excluding hydrogens is 383 g/mol. The Morgan fingerprint density at radius 2 is 1.97 bits per heavy atom. The summed E-state index contributed by atoms with van der Waals surface area (Å²) in [7, 11) is 0. The van der Waals surface area contributed by atoms with Gasteiger partial charge in [-0.15, -0.1) is 13.2 Å². The molecule has 1 aromatic carbocycles. The lowest BCUT2D eigenvalue weighted by atomic mass is 10.0. The zero-order valence-electron chi connectivity index (χ0n) is 16.2. The number of rotatable bonds is 6. The molecule has 1 aromatic heterocycles. The first-order chi connectivity index (χ1) is 13.8. The van der Waals surface area contributed by atoms with E-state index in [9.17, 15) is 18.0 Å². The summed E-state index contributed by atoms with van der Waals surface area (Å²) in [4.78, 5) is 17.3. The Kier molecular flexibility index (Phi) is 6.22. The van der Waals surface area contributed by atoms with Crippen LogP contribution in [0.1, 0.15) is 24.9 Å². The number of ether oxygens (including phenoxy) is 1. The first-order valence-corrected chi connectivity index (χ1v) is 9.32. The molecule has 8 heteroatoms. The molecule has 29 heavy (non-hydrogen) atoms. The Labute approximate surface area is 166 Å². The van der Waals surface area contributed by atoms with E-state index >= 15 is 0 Å². The molecule has 0 bridgehead atoms. The van der Waals surface area contributed by atoms with E-state index in [0.717, 1.165) is 12.0 Å². The molecule has 0 aliphatic carbocycles. The van der Waals surface area contributed by atoms with Gasteiger partial charge in [0.05, 0.1) is 6.04 Å². The molecule has 2 aromatic rings. The predicted molar refractivity (Wildman–Crippen MR) is 107 cm³/mol. The molecule has 2 heterocycles. The number of pyridine rings is 1. The highest BCUT2D eigenvalue weighted by molar-refractivity contribution is 5.78. The Morgan fingerprint density at radius 1 is 1.28 bits per heavy atom. The Morgan fingerprint density at radius 3 is 2.52 bits per heavy atom. The minimum atomic E-state index is -4.74. The zero-order chi connectivity index (χ0) is 21.0. The first kappa shape index (κ1) is 20.9. The largest absolute Gasteiger partial charge is 0.573 e. The van der Waals surface area contributed by atoms with Crippen LogP contribution in [-0.2, 0) is 0 Å². The van der Waals surface area contributed by atoms with Crippen molar-refractivity contribution < 1.29 is 17.9 Å². The number of hydrogen-bond donors (Lipinski definition) is 1. The molecule has 0 radical (unpaired) electrons. The lowest BCUT2D eigenvalue weighted by Gasteiger charge is -2.30. The second kappa shape index (κ2) is 8.65. The van der Waals surface area contributed by atoms with Gasteiger partial charge in [-0.05, 0) is 42.7 Å². The number of nitrogens with one attached hydrogen (secondary N) is 1. The van der Waals surface area contributed by atoms with Crippen LogP contribution in [0.2, 0.25) is 0 Å². The van der Waals surface area contributed by atoms with Gasteiger partial charge in [-0.3, -0.25) is 9.79 Å². The van der Waals surface area contributed by atoms with Crippen LogP contribution < -0.4 is 15.6 Å². The molecule has 154 valence electrons. The van der Waals surface area contributed by atoms with Crippen LogP contribution >= 0.6 is 0 Å². The summed E-state index contributed by atoms with van der Waals surface area (Å²) in [6.45, 7) is 5.15. The maximum atomic E-state index is 12.9. The van der Waals surface area contributed by atoms with Gasteiger partial charge in [0, 0.05) is 31.1 Å². The minimum Gasteiger partial charge on any atom is -0.406 e. The molecule has 1 fully saturated rings. The highest BCUT2D eigenvalue weighted by Crippen LogP contribution is 2.31. The van der Waals surface area contributed by atoms with Gasteiger partial charge in [0.1, 0.15) is 11.4 Å². The normalized spacial score (nSPS) is 15.2. The number of aromatic nitrogens is 1. The van der Waals surface area contributed by atoms with Crippen LogP contribution in [0.4, 0.5) is 18.9 Å². The van der Waals surface area contributed by atoms with E-state index in [-0.39, 0.29) is 17.4 Å². The lowest BCUT2D eigenvalue weighted by molar-refractivity contribution is -0.274. The molecule has 1 aliphatic rings. The van der Waals surface area contributed by atoms with Gasteiger partial charge >= 0.3 is 6.36 Å². The fraction of sp³-hybridized carbons (Fsp3) is 0.333. The zero-order valence-corrected chi connectivity index (χ0v) is 16.2. The molecule has 0 saturated carbocycles. The Bertz CT molecular complexity index is 972. The third-order valence-electron chi connectivity index (χ3n) is 4.68. The van der Waals surface area contributed by atoms with Crippen molar-refractivity contribution >= 4 is 11.9 Å². The summed E-state index contributed by atoms with van der Waals surface area (Å²) < 4.78 is 42.8. The first-order valence-electron chi connectivity index (χ1n) is 9.32. The predicted octanol–water partition coefficient (Wildman–Crippen LogP) is 4.54. The van der Waals surface area contributed by atoms with Gasteiger partial charge in [0.25, 0.3) is 5.56 Å². The molecular formula is C21H22F3N3O2. The van der Waals surface area contributed by atoms with E-state index in [1.54, 1.807) is 42.1 Å². The number of allylic oxidation sites excluding steroid dienone is 2. The lowest BCUT2D eigenvalue weighted by Crippen LogP contribution is -2.46. The van der Waals surface area contributed by atoms with Crippen molar-refractivity contribution in [2.45, 2.75) is 32.7 Å². The molecule has 1 N–H and O–H groups in total.